The SMILES string of the molecule is COc1cc2c(nc1N1CCOC[C@@H]1C)C(C)(C)OC[C@H]2N1CCN(C2CC3(CCN(c4ccc(C(=O)NS(=O)(=O)c5cc6c(c([N+](=O)[O-])c5)N[C@H](C5CCOCC5)CO6)c(N5c6cc7cc[nH]c7nc6O[C@H]6COCC[C@@H]65)c4)CC3)C2)[C@H](c2ccccc2OC(C)C)C1. The van der Waals surface area contributed by atoms with E-state index in [9.17, 15) is 18.5 Å². The molecule has 500 valence electrons. The Morgan fingerprint density at radius 3 is 2.43 bits per heavy atom. The number of benzene rings is 3. The number of anilines is 5. The second kappa shape index (κ2) is 24.9. The van der Waals surface area contributed by atoms with Gasteiger partial charge in [-0.25, -0.2) is 18.1 Å². The lowest BCUT2D eigenvalue weighted by Crippen LogP contribution is -2.60. The standard InChI is InChI=1S/C69H85N11O13S/c1-41(2)92-58-10-8-7-9-48(58)56-36-76(57-39-91-68(4,5)63-50(57)33-60(86-6)65(72-63)77-24-28-89-37-42(77)3)22-23-78(56)46-34-69(35-46)17-20-75(21-18-69)45-11-12-49(53(30-45)79-52-16-27-88-40-61(52)93-67-55(79)29-44-13-19-70-64(44)73-67)66(81)74-94(84,85)47-31-54(80(82)83)62-59(32-47)90-38-51(71-62)43-14-25-87-26-15-43/h7-13,19,29-33,41-43,46,51-52,56-57,61,71H,14-18,20-28,34-40H2,1-6H3,(H,70,73)(H,74,81)/t42-,51-,52-,56-,57+,61-/m0/s1. The summed E-state index contributed by atoms with van der Waals surface area (Å²) in [4.78, 5) is 52.3. The van der Waals surface area contributed by atoms with Crippen LogP contribution in [-0.2, 0) is 34.6 Å². The van der Waals surface area contributed by atoms with Gasteiger partial charge in [0.1, 0.15) is 35.4 Å². The van der Waals surface area contributed by atoms with E-state index in [4.69, 9.17) is 47.9 Å². The van der Waals surface area contributed by atoms with Crippen molar-refractivity contribution in [2.45, 2.75) is 139 Å². The van der Waals surface area contributed by atoms with Crippen molar-refractivity contribution in [1.29, 1.82) is 0 Å². The van der Waals surface area contributed by atoms with Gasteiger partial charge in [0.15, 0.2) is 23.0 Å². The van der Waals surface area contributed by atoms with Crippen molar-refractivity contribution in [2.24, 2.45) is 11.3 Å². The summed E-state index contributed by atoms with van der Waals surface area (Å²) in [5.41, 5.74) is 5.12. The number of nitrogens with one attached hydrogen (secondary N) is 3. The Morgan fingerprint density at radius 2 is 1.64 bits per heavy atom. The minimum Gasteiger partial charge on any atom is -0.493 e. The molecule has 9 aliphatic rings. The van der Waals surface area contributed by atoms with E-state index in [1.807, 2.05) is 30.5 Å². The number of nitro groups is 1. The summed E-state index contributed by atoms with van der Waals surface area (Å²) in [6.07, 6.45) is 7.44. The Labute approximate surface area is 548 Å². The van der Waals surface area contributed by atoms with Crippen LogP contribution in [0.1, 0.15) is 119 Å². The van der Waals surface area contributed by atoms with Crippen molar-refractivity contribution < 1.29 is 56.0 Å². The normalized spacial score (nSPS) is 26.2. The molecule has 6 atom stereocenters. The van der Waals surface area contributed by atoms with E-state index < -0.39 is 43.1 Å². The molecule has 3 aromatic carbocycles. The lowest BCUT2D eigenvalue weighted by Gasteiger charge is -2.59. The molecule has 1 amide bonds. The van der Waals surface area contributed by atoms with Gasteiger partial charge in [-0.15, -0.1) is 0 Å². The summed E-state index contributed by atoms with van der Waals surface area (Å²) in [5.74, 6) is 2.12. The zero-order valence-corrected chi connectivity index (χ0v) is 55.2. The first kappa shape index (κ1) is 62.6. The monoisotopic (exact) mass is 1310 g/mol. The average Bonchev–Trinajstić information content (AvgIpc) is 0.887. The third-order valence-corrected chi connectivity index (χ3v) is 22.7. The third-order valence-electron chi connectivity index (χ3n) is 21.4. The highest BCUT2D eigenvalue weighted by atomic mass is 32.2. The molecule has 5 saturated heterocycles. The molecular weight excluding hydrogens is 1220 g/mol. The van der Waals surface area contributed by atoms with Crippen LogP contribution in [0.25, 0.3) is 11.0 Å². The first-order valence-electron chi connectivity index (χ1n) is 33.5. The summed E-state index contributed by atoms with van der Waals surface area (Å²) in [7, 11) is -3.00. The zero-order valence-electron chi connectivity index (χ0n) is 54.3. The minimum absolute atomic E-state index is 0.00517. The molecule has 3 N–H and O–H groups in total. The minimum atomic E-state index is -4.74. The van der Waals surface area contributed by atoms with E-state index in [-0.39, 0.29) is 77.9 Å². The molecule has 0 bridgehead atoms. The number of H-pyrrole nitrogens is 1. The van der Waals surface area contributed by atoms with Crippen LogP contribution >= 0.6 is 0 Å². The van der Waals surface area contributed by atoms with Gasteiger partial charge < -0.3 is 62.9 Å². The highest BCUT2D eigenvalue weighted by Crippen LogP contribution is 2.55. The number of nitro benzene ring substituents is 1. The van der Waals surface area contributed by atoms with Crippen molar-refractivity contribution in [2.75, 3.05) is 119 Å². The number of aromatic nitrogens is 3. The number of morpholine rings is 1. The number of ether oxygens (including phenoxy) is 8. The highest BCUT2D eigenvalue weighted by Gasteiger charge is 2.52. The smallest absolute Gasteiger partial charge is 0.297 e. The topological polar surface area (TPSA) is 250 Å². The van der Waals surface area contributed by atoms with Crippen molar-refractivity contribution in [3.8, 4) is 23.1 Å². The second-order valence-electron chi connectivity index (χ2n) is 27.8. The first-order valence-corrected chi connectivity index (χ1v) is 35.0. The van der Waals surface area contributed by atoms with Crippen LogP contribution in [0.5, 0.6) is 23.1 Å². The van der Waals surface area contributed by atoms with Crippen LogP contribution in [0.4, 0.5) is 34.3 Å². The quantitative estimate of drug-likeness (QED) is 0.0678. The fourth-order valence-corrected chi connectivity index (χ4v) is 17.3. The van der Waals surface area contributed by atoms with Gasteiger partial charge in [-0.1, -0.05) is 18.2 Å². The van der Waals surface area contributed by atoms with Crippen LogP contribution < -0.4 is 43.7 Å². The number of hydrogen-bond acceptors (Lipinski definition) is 21. The van der Waals surface area contributed by atoms with E-state index in [1.165, 1.54) is 11.6 Å². The van der Waals surface area contributed by atoms with Gasteiger partial charge in [0.2, 0.25) is 5.88 Å². The van der Waals surface area contributed by atoms with Crippen molar-refractivity contribution in [1.82, 2.24) is 29.5 Å². The van der Waals surface area contributed by atoms with Crippen molar-refractivity contribution in [3.05, 3.63) is 111 Å². The fourth-order valence-electron chi connectivity index (χ4n) is 16.3. The second-order valence-corrected chi connectivity index (χ2v) is 29.5. The van der Waals surface area contributed by atoms with Crippen LogP contribution in [-0.4, -0.2) is 180 Å². The van der Waals surface area contributed by atoms with Crippen LogP contribution in [0.3, 0.4) is 0 Å². The molecule has 25 heteroatoms. The van der Waals surface area contributed by atoms with Gasteiger partial charge in [-0.05, 0) is 139 Å². The Morgan fingerprint density at radius 1 is 0.840 bits per heavy atom. The number of piperazine rings is 1. The number of aromatic amines is 1. The van der Waals surface area contributed by atoms with E-state index in [0.717, 1.165) is 124 Å². The molecule has 94 heavy (non-hydrogen) atoms. The van der Waals surface area contributed by atoms with E-state index >= 15 is 4.79 Å². The number of piperidine rings is 1. The molecule has 8 aliphatic heterocycles. The van der Waals surface area contributed by atoms with Gasteiger partial charge in [-0.3, -0.25) is 24.7 Å². The van der Waals surface area contributed by atoms with Crippen LogP contribution in [0.15, 0.2) is 83.9 Å². The number of amides is 1. The highest BCUT2D eigenvalue weighted by molar-refractivity contribution is 7.90. The van der Waals surface area contributed by atoms with Crippen LogP contribution in [0.2, 0.25) is 0 Å². The molecule has 6 fully saturated rings. The number of methoxy groups -OCH3 is 1. The summed E-state index contributed by atoms with van der Waals surface area (Å²) in [6.45, 7) is 19.2. The summed E-state index contributed by atoms with van der Waals surface area (Å²) in [5, 5.41) is 16.8. The zero-order chi connectivity index (χ0) is 64.8. The molecule has 1 aliphatic carbocycles. The third kappa shape index (κ3) is 11.6. The maximum absolute atomic E-state index is 15.1. The number of carbonyl (C=O) groups excluding carboxylic acids is 1. The molecular formula is C69H85N11O13S. The Bertz CT molecular complexity index is 3980. The Kier molecular flexibility index (Phi) is 16.6. The van der Waals surface area contributed by atoms with Crippen LogP contribution in [0, 0.1) is 21.4 Å². The van der Waals surface area contributed by atoms with Gasteiger partial charge in [0.25, 0.3) is 21.6 Å². The van der Waals surface area contributed by atoms with Crippen molar-refractivity contribution >= 4 is 61.2 Å². The predicted octanol–water partition coefficient (Wildman–Crippen LogP) is 9.41. The summed E-state index contributed by atoms with van der Waals surface area (Å²) >= 11 is 0. The number of para-hydroxylation sites is 1. The molecule has 0 radical (unpaired) electrons. The summed E-state index contributed by atoms with van der Waals surface area (Å²) in [6, 6.07) is 22.4. The van der Waals surface area contributed by atoms with Gasteiger partial charge in [0.05, 0.1) is 96.6 Å². The maximum Gasteiger partial charge on any atom is 0.297 e. The molecule has 15 rings (SSSR count). The lowest BCUT2D eigenvalue weighted by molar-refractivity contribution is -0.384. The van der Waals surface area contributed by atoms with Crippen molar-refractivity contribution in [3.63, 3.8) is 0 Å². The fraction of sp³-hybridized carbons (Fsp3) is 0.551. The van der Waals surface area contributed by atoms with E-state index in [2.05, 4.69) is 104 Å². The molecule has 6 aromatic rings. The lowest BCUT2D eigenvalue weighted by atomic mass is 9.59. The first-order chi connectivity index (χ1) is 45.4. The Balaban J connectivity index is 0.700. The molecule has 1 spiro atoms. The number of carbonyl (C=O) groups is 1. The number of rotatable bonds is 14. The summed E-state index contributed by atoms with van der Waals surface area (Å²) < 4.78 is 81.1. The number of hydrogen-bond donors (Lipinski definition) is 3. The van der Waals surface area contributed by atoms with Gasteiger partial charge in [-0.2, -0.15) is 4.98 Å². The molecule has 3 aromatic heterocycles. The average molecular weight is 1310 g/mol. The van der Waals surface area contributed by atoms with E-state index in [1.54, 1.807) is 13.2 Å². The molecule has 1 saturated carbocycles. The predicted molar refractivity (Wildman–Crippen MR) is 353 cm³/mol. The molecule has 11 heterocycles. The maximum atomic E-state index is 15.1. The Hall–Kier alpha value is -7.52. The number of fused-ring (bicyclic) bond motifs is 5. The number of nitrogens with zero attached hydrogens (tertiary/aromatic N) is 8. The largest absolute Gasteiger partial charge is 0.493 e. The number of pyridine rings is 2. The van der Waals surface area contributed by atoms with Gasteiger partial charge in [0, 0.05) is 100 Å². The molecule has 0 unspecified atom stereocenters. The van der Waals surface area contributed by atoms with Gasteiger partial charge >= 0.3 is 0 Å². The molecule has 24 nitrogen and oxygen atoms in total. The van der Waals surface area contributed by atoms with E-state index in [0.29, 0.717) is 75.0 Å². The number of sulfonamides is 1.